The van der Waals surface area contributed by atoms with E-state index in [-0.39, 0.29) is 23.7 Å². The molecule has 1 aromatic heterocycles. The number of ether oxygens (including phenoxy) is 1. The van der Waals surface area contributed by atoms with Crippen LogP contribution in [0.3, 0.4) is 0 Å². The van der Waals surface area contributed by atoms with Gasteiger partial charge >= 0.3 is 0 Å². The van der Waals surface area contributed by atoms with Gasteiger partial charge in [0.1, 0.15) is 5.75 Å². The van der Waals surface area contributed by atoms with Crippen molar-refractivity contribution in [2.75, 3.05) is 12.2 Å². The number of carbonyl (C=O) groups excluding carboxylic acids is 2. The van der Waals surface area contributed by atoms with Gasteiger partial charge in [0.25, 0.3) is 11.1 Å². The van der Waals surface area contributed by atoms with Gasteiger partial charge in [0.05, 0.1) is 12.8 Å². The number of aromatic nitrogens is 1. The van der Waals surface area contributed by atoms with Crippen LogP contribution in [0.4, 0.5) is 5.69 Å². The van der Waals surface area contributed by atoms with E-state index in [2.05, 4.69) is 4.98 Å². The summed E-state index contributed by atoms with van der Waals surface area (Å²) >= 11 is 1.40. The second-order valence-electron chi connectivity index (χ2n) is 5.93. The third-order valence-corrected chi connectivity index (χ3v) is 4.92. The summed E-state index contributed by atoms with van der Waals surface area (Å²) in [5.41, 5.74) is 6.72. The molecule has 1 saturated carbocycles. The lowest BCUT2D eigenvalue weighted by Crippen LogP contribution is -2.45. The summed E-state index contributed by atoms with van der Waals surface area (Å²) in [4.78, 5) is 33.1. The number of amides is 2. The lowest BCUT2D eigenvalue weighted by atomic mass is 9.74. The maximum Gasteiger partial charge on any atom is 0.278 e. The second kappa shape index (κ2) is 7.20. The van der Waals surface area contributed by atoms with E-state index in [9.17, 15) is 9.59 Å². The number of hydrogen-bond donors (Lipinski definition) is 1. The average Bonchev–Trinajstić information content (AvgIpc) is 3.02. The molecule has 1 heterocycles. The number of anilines is 1. The molecule has 0 radical (unpaired) electrons. The van der Waals surface area contributed by atoms with Crippen LogP contribution in [-0.4, -0.2) is 23.9 Å². The molecule has 1 fully saturated rings. The summed E-state index contributed by atoms with van der Waals surface area (Å²) in [5.74, 6) is -0.326. The number of hydroxylamine groups is 1. The molecule has 2 N–H and O–H groups in total. The van der Waals surface area contributed by atoms with E-state index in [0.717, 1.165) is 5.56 Å². The van der Waals surface area contributed by atoms with Gasteiger partial charge in [0, 0.05) is 23.4 Å². The average molecular weight is 361 g/mol. The molecule has 1 aliphatic carbocycles. The highest BCUT2D eigenvalue weighted by Crippen LogP contribution is 2.36. The molecular weight excluding hydrogens is 342 g/mol. The van der Waals surface area contributed by atoms with Crippen LogP contribution in [0.2, 0.25) is 0 Å². The van der Waals surface area contributed by atoms with Gasteiger partial charge in [-0.25, -0.2) is 4.98 Å². The highest BCUT2D eigenvalue weighted by molar-refractivity contribution is 7.11. The third-order valence-electron chi connectivity index (χ3n) is 4.27. The summed E-state index contributed by atoms with van der Waals surface area (Å²) < 4.78 is 5.71. The van der Waals surface area contributed by atoms with Crippen LogP contribution in [0.1, 0.15) is 18.4 Å². The minimum atomic E-state index is -0.354. The van der Waals surface area contributed by atoms with Gasteiger partial charge in [-0.3, -0.25) is 14.4 Å². The molecule has 0 atom stereocenters. The van der Waals surface area contributed by atoms with Gasteiger partial charge in [-0.1, -0.05) is 11.3 Å². The lowest BCUT2D eigenvalue weighted by molar-refractivity contribution is -0.136. The Kier molecular flexibility index (Phi) is 5.00. The highest BCUT2D eigenvalue weighted by atomic mass is 32.1. The van der Waals surface area contributed by atoms with E-state index in [1.165, 1.54) is 23.5 Å². The van der Waals surface area contributed by atoms with Crippen molar-refractivity contribution in [1.29, 1.82) is 0 Å². The molecule has 0 unspecified atom stereocenters. The van der Waals surface area contributed by atoms with Crippen molar-refractivity contribution in [1.82, 2.24) is 4.98 Å². The smallest absolute Gasteiger partial charge is 0.278 e. The number of benzene rings is 1. The fraction of sp³-hybridized carbons (Fsp3) is 0.353. The summed E-state index contributed by atoms with van der Waals surface area (Å²) in [6.45, 7) is 1.89. The van der Waals surface area contributed by atoms with Gasteiger partial charge in [-0.05, 0) is 43.5 Å². The normalized spacial score (nSPS) is 19.1. The van der Waals surface area contributed by atoms with Crippen LogP contribution in [-0.2, 0) is 14.4 Å². The molecule has 0 spiro atoms. The summed E-state index contributed by atoms with van der Waals surface area (Å²) in [6, 6.07) is 5.34. The number of nitrogens with two attached hydrogens (primary N) is 1. The first-order chi connectivity index (χ1) is 12.0. The Morgan fingerprint density at radius 1 is 1.32 bits per heavy atom. The molecule has 0 bridgehead atoms. The molecule has 132 valence electrons. The van der Waals surface area contributed by atoms with Crippen LogP contribution in [0.5, 0.6) is 10.9 Å². The van der Waals surface area contributed by atoms with Crippen molar-refractivity contribution in [3.05, 3.63) is 35.3 Å². The maximum atomic E-state index is 12.6. The Balaban J connectivity index is 1.72. The number of thiazole rings is 1. The number of primary amides is 1. The standard InChI is InChI=1S/C17H19N3O4S/c1-10-7-13(3-4-14(10)24-17-19-5-6-25-17)20(23-2)16(22)12-8-11(9-12)15(18)21/h3-7,11-12H,8-9H2,1-2H3,(H2,18,21). The quantitative estimate of drug-likeness (QED) is 0.798. The van der Waals surface area contributed by atoms with E-state index in [1.807, 2.05) is 18.4 Å². The number of carbonyl (C=O) groups is 2. The molecular formula is C17H19N3O4S. The fourth-order valence-corrected chi connectivity index (χ4v) is 3.27. The molecule has 0 saturated heterocycles. The predicted octanol–water partition coefficient (Wildman–Crippen LogP) is 2.65. The summed E-state index contributed by atoms with van der Waals surface area (Å²) in [7, 11) is 1.44. The topological polar surface area (TPSA) is 94.8 Å². The number of nitrogens with zero attached hydrogens (tertiary/aromatic N) is 2. The minimum Gasteiger partial charge on any atom is -0.431 e. The van der Waals surface area contributed by atoms with E-state index in [4.69, 9.17) is 15.3 Å². The Morgan fingerprint density at radius 2 is 2.08 bits per heavy atom. The van der Waals surface area contributed by atoms with Crippen LogP contribution >= 0.6 is 11.3 Å². The molecule has 2 amide bonds. The van der Waals surface area contributed by atoms with Crippen molar-refractivity contribution in [2.24, 2.45) is 17.6 Å². The zero-order chi connectivity index (χ0) is 18.0. The zero-order valence-corrected chi connectivity index (χ0v) is 14.8. The summed E-state index contributed by atoms with van der Waals surface area (Å²) in [5, 5.41) is 3.65. The van der Waals surface area contributed by atoms with E-state index >= 15 is 0 Å². The third kappa shape index (κ3) is 3.64. The van der Waals surface area contributed by atoms with E-state index in [1.54, 1.807) is 18.3 Å². The van der Waals surface area contributed by atoms with E-state index < -0.39 is 0 Å². The fourth-order valence-electron chi connectivity index (χ4n) is 2.77. The highest BCUT2D eigenvalue weighted by Gasteiger charge is 2.40. The van der Waals surface area contributed by atoms with Crippen molar-refractivity contribution < 1.29 is 19.2 Å². The Hall–Kier alpha value is -2.45. The van der Waals surface area contributed by atoms with Crippen molar-refractivity contribution in [2.45, 2.75) is 19.8 Å². The Morgan fingerprint density at radius 3 is 2.64 bits per heavy atom. The molecule has 25 heavy (non-hydrogen) atoms. The summed E-state index contributed by atoms with van der Waals surface area (Å²) in [6.07, 6.45) is 2.61. The molecule has 8 heteroatoms. The van der Waals surface area contributed by atoms with Gasteiger partial charge < -0.3 is 10.5 Å². The van der Waals surface area contributed by atoms with Gasteiger partial charge in [-0.15, -0.1) is 0 Å². The molecule has 2 aromatic rings. The Labute approximate surface area is 149 Å². The molecule has 3 rings (SSSR count). The predicted molar refractivity (Wildman–Crippen MR) is 93.3 cm³/mol. The lowest BCUT2D eigenvalue weighted by Gasteiger charge is -2.34. The zero-order valence-electron chi connectivity index (χ0n) is 14.0. The molecule has 1 aromatic carbocycles. The van der Waals surface area contributed by atoms with Crippen LogP contribution in [0.25, 0.3) is 0 Å². The number of rotatable bonds is 6. The maximum absolute atomic E-state index is 12.6. The number of aryl methyl sites for hydroxylation is 1. The second-order valence-corrected chi connectivity index (χ2v) is 6.79. The first-order valence-corrected chi connectivity index (χ1v) is 8.73. The van der Waals surface area contributed by atoms with Gasteiger partial charge in [0.15, 0.2) is 0 Å². The Bertz CT molecular complexity index is 772. The van der Waals surface area contributed by atoms with Gasteiger partial charge in [-0.2, -0.15) is 5.06 Å². The molecule has 7 nitrogen and oxygen atoms in total. The monoisotopic (exact) mass is 361 g/mol. The van der Waals surface area contributed by atoms with Crippen LogP contribution < -0.4 is 15.5 Å². The first-order valence-electron chi connectivity index (χ1n) is 7.85. The molecule has 0 aliphatic heterocycles. The molecule has 1 aliphatic rings. The van der Waals surface area contributed by atoms with E-state index in [0.29, 0.717) is 29.5 Å². The van der Waals surface area contributed by atoms with Crippen molar-refractivity contribution >= 4 is 28.8 Å². The van der Waals surface area contributed by atoms with Crippen molar-refractivity contribution in [3.63, 3.8) is 0 Å². The van der Waals surface area contributed by atoms with Crippen LogP contribution in [0.15, 0.2) is 29.8 Å². The first kappa shape index (κ1) is 17.4. The number of hydrogen-bond acceptors (Lipinski definition) is 6. The van der Waals surface area contributed by atoms with Gasteiger partial charge in [0.2, 0.25) is 5.91 Å². The minimum absolute atomic E-state index is 0.173. The van der Waals surface area contributed by atoms with Crippen molar-refractivity contribution in [3.8, 4) is 10.9 Å². The SMILES string of the molecule is CON(C(=O)C1CC(C(N)=O)C1)c1ccc(Oc2nccs2)c(C)c1. The van der Waals surface area contributed by atoms with Crippen LogP contribution in [0, 0.1) is 18.8 Å². The largest absolute Gasteiger partial charge is 0.431 e.